The molecular weight excluding hydrogens is 390 g/mol. The second-order valence-electron chi connectivity index (χ2n) is 7.06. The Hall–Kier alpha value is -3.43. The van der Waals surface area contributed by atoms with Gasteiger partial charge in [-0.05, 0) is 58.9 Å². The molecule has 2 N–H and O–H groups in total. The topological polar surface area (TPSA) is 125 Å². The highest BCUT2D eigenvalue weighted by Gasteiger charge is 2.19. The molecule has 0 aliphatic rings. The molecule has 0 amide bonds. The third-order valence-electron chi connectivity index (χ3n) is 3.57. The van der Waals surface area contributed by atoms with E-state index in [2.05, 4.69) is 30.3 Å². The van der Waals surface area contributed by atoms with E-state index < -0.39 is 18.0 Å². The van der Waals surface area contributed by atoms with Crippen molar-refractivity contribution in [3.63, 3.8) is 0 Å². The fraction of sp³-hybridized carbons (Fsp3) is 0.450. The zero-order valence-corrected chi connectivity index (χ0v) is 17.9. The van der Waals surface area contributed by atoms with Crippen LogP contribution in [-0.2, 0) is 14.3 Å². The summed E-state index contributed by atoms with van der Waals surface area (Å²) in [5, 5.41) is 6.24. The number of anilines is 2. The van der Waals surface area contributed by atoms with Crippen molar-refractivity contribution in [1.82, 2.24) is 15.0 Å². The molecule has 0 aliphatic carbocycles. The minimum absolute atomic E-state index is 0.103. The molecule has 2 aromatic rings. The highest BCUT2D eigenvalue weighted by atomic mass is 16.6. The van der Waals surface area contributed by atoms with Gasteiger partial charge in [-0.3, -0.25) is 0 Å². The van der Waals surface area contributed by atoms with Crippen molar-refractivity contribution in [2.24, 2.45) is 0 Å². The SMILES string of the molecule is COC(=O)[C@@H](C)OC(=O)c1ccc(Oc2nc(NC(C)C)nc(NC(C)C)n2)cc1. The van der Waals surface area contributed by atoms with E-state index in [1.807, 2.05) is 27.7 Å². The fourth-order valence-corrected chi connectivity index (χ4v) is 2.25. The van der Waals surface area contributed by atoms with Crippen molar-refractivity contribution < 1.29 is 23.8 Å². The Bertz CT molecular complexity index is 842. The smallest absolute Gasteiger partial charge is 0.346 e. The van der Waals surface area contributed by atoms with Crippen LogP contribution < -0.4 is 15.4 Å². The molecule has 30 heavy (non-hydrogen) atoms. The van der Waals surface area contributed by atoms with E-state index >= 15 is 0 Å². The summed E-state index contributed by atoms with van der Waals surface area (Å²) in [6, 6.07) is 6.55. The number of nitrogens with one attached hydrogen (secondary N) is 2. The zero-order valence-electron chi connectivity index (χ0n) is 17.9. The van der Waals surface area contributed by atoms with Gasteiger partial charge in [-0.25, -0.2) is 9.59 Å². The van der Waals surface area contributed by atoms with Gasteiger partial charge in [-0.2, -0.15) is 15.0 Å². The first kappa shape index (κ1) is 22.9. The Morgan fingerprint density at radius 3 is 1.87 bits per heavy atom. The van der Waals surface area contributed by atoms with Gasteiger partial charge in [0.05, 0.1) is 12.7 Å². The van der Waals surface area contributed by atoms with E-state index in [-0.39, 0.29) is 23.7 Å². The average Bonchev–Trinajstić information content (AvgIpc) is 2.66. The second-order valence-corrected chi connectivity index (χ2v) is 7.06. The number of hydrogen-bond donors (Lipinski definition) is 2. The van der Waals surface area contributed by atoms with Crippen LogP contribution >= 0.6 is 0 Å². The molecule has 2 rings (SSSR count). The lowest BCUT2D eigenvalue weighted by Gasteiger charge is -2.13. The van der Waals surface area contributed by atoms with Crippen LogP contribution in [0.2, 0.25) is 0 Å². The molecule has 0 fully saturated rings. The highest BCUT2D eigenvalue weighted by molar-refractivity contribution is 5.91. The third kappa shape index (κ3) is 6.87. The van der Waals surface area contributed by atoms with Gasteiger partial charge < -0.3 is 24.8 Å². The third-order valence-corrected chi connectivity index (χ3v) is 3.57. The first-order valence-corrected chi connectivity index (χ1v) is 9.53. The van der Waals surface area contributed by atoms with Gasteiger partial charge in [0.25, 0.3) is 0 Å². The molecule has 0 bridgehead atoms. The number of aromatic nitrogens is 3. The molecule has 0 spiro atoms. The highest BCUT2D eigenvalue weighted by Crippen LogP contribution is 2.21. The van der Waals surface area contributed by atoms with Gasteiger partial charge in [-0.1, -0.05) is 0 Å². The molecule has 0 saturated carbocycles. The minimum Gasteiger partial charge on any atom is -0.466 e. The van der Waals surface area contributed by atoms with Crippen LogP contribution in [0.4, 0.5) is 11.9 Å². The quantitative estimate of drug-likeness (QED) is 0.588. The maximum Gasteiger partial charge on any atom is 0.346 e. The van der Waals surface area contributed by atoms with E-state index in [0.29, 0.717) is 17.6 Å². The Morgan fingerprint density at radius 1 is 0.867 bits per heavy atom. The van der Waals surface area contributed by atoms with Crippen molar-refractivity contribution in [2.45, 2.75) is 52.8 Å². The number of methoxy groups -OCH3 is 1. The molecule has 10 heteroatoms. The monoisotopic (exact) mass is 417 g/mol. The summed E-state index contributed by atoms with van der Waals surface area (Å²) in [6.45, 7) is 9.32. The van der Waals surface area contributed by atoms with Crippen molar-refractivity contribution in [3.05, 3.63) is 29.8 Å². The standard InChI is InChI=1S/C20H27N5O5/c1-11(2)21-18-23-19(22-12(3)4)25-20(24-18)30-15-9-7-14(8-10-15)17(27)29-13(5)16(26)28-6/h7-13H,1-6H3,(H2,21,22,23,24,25)/t13-/m1/s1. The summed E-state index contributed by atoms with van der Waals surface area (Å²) in [4.78, 5) is 36.3. The molecule has 10 nitrogen and oxygen atoms in total. The van der Waals surface area contributed by atoms with E-state index in [9.17, 15) is 9.59 Å². The number of benzene rings is 1. The molecule has 162 valence electrons. The van der Waals surface area contributed by atoms with Crippen molar-refractivity contribution in [3.8, 4) is 11.8 Å². The van der Waals surface area contributed by atoms with Crippen LogP contribution in [0.15, 0.2) is 24.3 Å². The van der Waals surface area contributed by atoms with Gasteiger partial charge in [0.15, 0.2) is 6.10 Å². The largest absolute Gasteiger partial charge is 0.466 e. The summed E-state index contributed by atoms with van der Waals surface area (Å²) in [6.07, 6.45) is -0.998. The molecule has 1 heterocycles. The maximum absolute atomic E-state index is 12.1. The van der Waals surface area contributed by atoms with E-state index in [4.69, 9.17) is 9.47 Å². The summed E-state index contributed by atoms with van der Waals surface area (Å²) in [7, 11) is 1.23. The number of nitrogens with zero attached hydrogens (tertiary/aromatic N) is 3. The van der Waals surface area contributed by atoms with Crippen LogP contribution in [0, 0.1) is 0 Å². The number of carbonyl (C=O) groups excluding carboxylic acids is 2. The van der Waals surface area contributed by atoms with Gasteiger partial charge in [0, 0.05) is 12.1 Å². The van der Waals surface area contributed by atoms with E-state index in [1.54, 1.807) is 12.1 Å². The van der Waals surface area contributed by atoms with Crippen LogP contribution in [-0.4, -0.2) is 52.2 Å². The summed E-state index contributed by atoms with van der Waals surface area (Å²) < 4.78 is 15.3. The first-order valence-electron chi connectivity index (χ1n) is 9.53. The molecule has 1 atom stereocenters. The summed E-state index contributed by atoms with van der Waals surface area (Å²) in [5.74, 6) is -0.0868. The van der Waals surface area contributed by atoms with Crippen molar-refractivity contribution >= 4 is 23.8 Å². The van der Waals surface area contributed by atoms with Crippen molar-refractivity contribution in [2.75, 3.05) is 17.7 Å². The summed E-state index contributed by atoms with van der Waals surface area (Å²) >= 11 is 0. The number of rotatable bonds is 9. The molecular formula is C20H27N5O5. The average molecular weight is 417 g/mol. The Kier molecular flexibility index (Phi) is 7.90. The van der Waals surface area contributed by atoms with E-state index in [1.165, 1.54) is 26.2 Å². The van der Waals surface area contributed by atoms with Gasteiger partial charge in [-0.15, -0.1) is 0 Å². The van der Waals surface area contributed by atoms with Crippen LogP contribution in [0.5, 0.6) is 11.8 Å². The molecule has 0 unspecified atom stereocenters. The molecule has 1 aromatic carbocycles. The number of hydrogen-bond acceptors (Lipinski definition) is 10. The normalized spacial score (nSPS) is 11.7. The number of esters is 2. The predicted molar refractivity (Wildman–Crippen MR) is 111 cm³/mol. The number of carbonyl (C=O) groups is 2. The van der Waals surface area contributed by atoms with Crippen LogP contribution in [0.1, 0.15) is 45.0 Å². The summed E-state index contributed by atoms with van der Waals surface area (Å²) in [5.41, 5.74) is 0.262. The Labute approximate surface area is 175 Å². The van der Waals surface area contributed by atoms with Gasteiger partial charge >= 0.3 is 17.9 Å². The van der Waals surface area contributed by atoms with E-state index in [0.717, 1.165) is 0 Å². The lowest BCUT2D eigenvalue weighted by molar-refractivity contribution is -0.149. The lowest BCUT2D eigenvalue weighted by atomic mass is 10.2. The van der Waals surface area contributed by atoms with Crippen molar-refractivity contribution in [1.29, 1.82) is 0 Å². The maximum atomic E-state index is 12.1. The second kappa shape index (κ2) is 10.4. The van der Waals surface area contributed by atoms with Crippen LogP contribution in [0.3, 0.4) is 0 Å². The lowest BCUT2D eigenvalue weighted by Crippen LogP contribution is -2.25. The van der Waals surface area contributed by atoms with Gasteiger partial charge in [0.1, 0.15) is 5.75 Å². The molecule has 0 radical (unpaired) electrons. The Morgan fingerprint density at radius 2 is 1.40 bits per heavy atom. The Balaban J connectivity index is 2.13. The fourth-order valence-electron chi connectivity index (χ4n) is 2.25. The number of ether oxygens (including phenoxy) is 3. The minimum atomic E-state index is -0.998. The zero-order chi connectivity index (χ0) is 22.3. The molecule has 1 aromatic heterocycles. The first-order chi connectivity index (χ1) is 14.2. The molecule has 0 aliphatic heterocycles. The molecule has 0 saturated heterocycles. The predicted octanol–water partition coefficient (Wildman–Crippen LogP) is 3.02. The van der Waals surface area contributed by atoms with Gasteiger partial charge in [0.2, 0.25) is 11.9 Å². The van der Waals surface area contributed by atoms with Crippen LogP contribution in [0.25, 0.3) is 0 Å².